The van der Waals surface area contributed by atoms with E-state index < -0.39 is 0 Å². The largest absolute Gasteiger partial charge is 0.338 e. The molecule has 0 atom stereocenters. The molecule has 3 heterocycles. The SMILES string of the molecule is Cc1ccnn1CCC(=O)N1CC=C(n2c(C)nc(=O)c3ccccc32)CC1. The summed E-state index contributed by atoms with van der Waals surface area (Å²) >= 11 is 0. The van der Waals surface area contributed by atoms with Crippen molar-refractivity contribution >= 4 is 22.5 Å². The molecule has 3 aromatic rings. The van der Waals surface area contributed by atoms with Gasteiger partial charge in [-0.05, 0) is 38.1 Å². The van der Waals surface area contributed by atoms with Crippen molar-refractivity contribution in [2.45, 2.75) is 33.2 Å². The molecule has 0 saturated heterocycles. The second kappa shape index (κ2) is 7.42. The van der Waals surface area contributed by atoms with Gasteiger partial charge in [0.15, 0.2) is 0 Å². The van der Waals surface area contributed by atoms with Gasteiger partial charge in [-0.3, -0.25) is 14.3 Å². The Kier molecular flexibility index (Phi) is 4.81. The molecule has 0 fully saturated rings. The van der Waals surface area contributed by atoms with Crippen LogP contribution in [0.15, 0.2) is 47.4 Å². The van der Waals surface area contributed by atoms with Crippen LogP contribution in [0.2, 0.25) is 0 Å². The molecule has 0 N–H and O–H groups in total. The van der Waals surface area contributed by atoms with Crippen molar-refractivity contribution in [2.24, 2.45) is 0 Å². The van der Waals surface area contributed by atoms with Gasteiger partial charge in [0.1, 0.15) is 5.82 Å². The lowest BCUT2D eigenvalue weighted by Gasteiger charge is -2.28. The molecular formula is C21H23N5O2. The second-order valence-electron chi connectivity index (χ2n) is 7.05. The monoisotopic (exact) mass is 377 g/mol. The zero-order valence-corrected chi connectivity index (χ0v) is 16.1. The van der Waals surface area contributed by atoms with Gasteiger partial charge in [0, 0.05) is 50.1 Å². The van der Waals surface area contributed by atoms with Crippen LogP contribution in [0.4, 0.5) is 0 Å². The number of fused-ring (bicyclic) bond motifs is 1. The minimum Gasteiger partial charge on any atom is -0.338 e. The van der Waals surface area contributed by atoms with Crippen molar-refractivity contribution in [3.8, 4) is 0 Å². The lowest BCUT2D eigenvalue weighted by atomic mass is 10.1. The minimum absolute atomic E-state index is 0.129. The number of benzene rings is 1. The summed E-state index contributed by atoms with van der Waals surface area (Å²) in [7, 11) is 0. The Morgan fingerprint density at radius 1 is 1.18 bits per heavy atom. The maximum atomic E-state index is 12.6. The lowest BCUT2D eigenvalue weighted by molar-refractivity contribution is -0.131. The molecule has 0 unspecified atom stereocenters. The molecule has 144 valence electrons. The van der Waals surface area contributed by atoms with E-state index in [9.17, 15) is 9.59 Å². The number of carbonyl (C=O) groups excluding carboxylic acids is 1. The summed E-state index contributed by atoms with van der Waals surface area (Å²) in [6.45, 7) is 5.64. The normalized spacial score (nSPS) is 14.4. The van der Waals surface area contributed by atoms with Crippen LogP contribution < -0.4 is 5.56 Å². The Balaban J connectivity index is 1.52. The summed E-state index contributed by atoms with van der Waals surface area (Å²) in [5.74, 6) is 0.800. The molecule has 0 saturated carbocycles. The Bertz CT molecular complexity index is 1130. The van der Waals surface area contributed by atoms with Crippen molar-refractivity contribution in [3.05, 3.63) is 64.5 Å². The number of amides is 1. The number of para-hydroxylation sites is 1. The number of hydrogen-bond acceptors (Lipinski definition) is 4. The molecule has 1 aliphatic heterocycles. The maximum absolute atomic E-state index is 12.6. The van der Waals surface area contributed by atoms with Crippen molar-refractivity contribution < 1.29 is 4.79 Å². The van der Waals surface area contributed by atoms with Crippen molar-refractivity contribution in [2.75, 3.05) is 13.1 Å². The molecule has 0 spiro atoms. The summed E-state index contributed by atoms with van der Waals surface area (Å²) in [6, 6.07) is 9.45. The van der Waals surface area contributed by atoms with E-state index in [-0.39, 0.29) is 11.5 Å². The fourth-order valence-electron chi connectivity index (χ4n) is 3.72. The van der Waals surface area contributed by atoms with E-state index in [2.05, 4.69) is 16.2 Å². The predicted molar refractivity (Wildman–Crippen MR) is 108 cm³/mol. The van der Waals surface area contributed by atoms with E-state index in [1.54, 1.807) is 12.3 Å². The van der Waals surface area contributed by atoms with Gasteiger partial charge in [0.2, 0.25) is 5.91 Å². The predicted octanol–water partition coefficient (Wildman–Crippen LogP) is 2.37. The number of aromatic nitrogens is 4. The van der Waals surface area contributed by atoms with Crippen molar-refractivity contribution in [1.82, 2.24) is 24.2 Å². The van der Waals surface area contributed by atoms with Crippen LogP contribution in [0.25, 0.3) is 16.6 Å². The standard InChI is InChI=1S/C21H23N5O2/c1-15-7-11-22-25(15)14-10-20(27)24-12-8-17(9-13-24)26-16(2)23-21(28)18-5-3-4-6-19(18)26/h3-8,11H,9-10,12-14H2,1-2H3. The number of hydrogen-bond donors (Lipinski definition) is 0. The molecule has 0 bridgehead atoms. The molecule has 0 aliphatic carbocycles. The zero-order chi connectivity index (χ0) is 19.7. The molecule has 1 amide bonds. The smallest absolute Gasteiger partial charge is 0.280 e. The van der Waals surface area contributed by atoms with Gasteiger partial charge >= 0.3 is 0 Å². The summed E-state index contributed by atoms with van der Waals surface area (Å²) in [4.78, 5) is 30.8. The van der Waals surface area contributed by atoms with E-state index in [0.717, 1.165) is 23.3 Å². The highest BCUT2D eigenvalue weighted by atomic mass is 16.2. The number of rotatable bonds is 4. The molecular weight excluding hydrogens is 354 g/mol. The van der Waals surface area contributed by atoms with Crippen LogP contribution in [-0.4, -0.2) is 43.2 Å². The summed E-state index contributed by atoms with van der Waals surface area (Å²) in [6.07, 6.45) is 4.97. The van der Waals surface area contributed by atoms with Crippen LogP contribution in [0.5, 0.6) is 0 Å². The van der Waals surface area contributed by atoms with E-state index in [0.29, 0.717) is 37.3 Å². The first-order valence-electron chi connectivity index (χ1n) is 9.48. The van der Waals surface area contributed by atoms with Crippen LogP contribution >= 0.6 is 0 Å². The zero-order valence-electron chi connectivity index (χ0n) is 16.1. The van der Waals surface area contributed by atoms with Crippen LogP contribution in [-0.2, 0) is 11.3 Å². The van der Waals surface area contributed by atoms with E-state index in [1.165, 1.54) is 0 Å². The topological polar surface area (TPSA) is 73.0 Å². The molecule has 2 aromatic heterocycles. The van der Waals surface area contributed by atoms with Gasteiger partial charge < -0.3 is 9.47 Å². The molecule has 7 heteroatoms. The Morgan fingerprint density at radius 2 is 2.00 bits per heavy atom. The third-order valence-electron chi connectivity index (χ3n) is 5.25. The fourth-order valence-corrected chi connectivity index (χ4v) is 3.72. The van der Waals surface area contributed by atoms with E-state index >= 15 is 0 Å². The lowest BCUT2D eigenvalue weighted by Crippen LogP contribution is -2.36. The Labute approximate surface area is 162 Å². The molecule has 7 nitrogen and oxygen atoms in total. The third-order valence-corrected chi connectivity index (χ3v) is 5.25. The average Bonchev–Trinajstić information content (AvgIpc) is 3.11. The average molecular weight is 377 g/mol. The van der Waals surface area contributed by atoms with Gasteiger partial charge in [-0.15, -0.1) is 0 Å². The summed E-state index contributed by atoms with van der Waals surface area (Å²) < 4.78 is 3.89. The molecule has 4 rings (SSSR count). The molecule has 0 radical (unpaired) electrons. The number of aryl methyl sites for hydroxylation is 3. The number of nitrogens with zero attached hydrogens (tertiary/aromatic N) is 5. The fraction of sp³-hybridized carbons (Fsp3) is 0.333. The van der Waals surface area contributed by atoms with Gasteiger partial charge in [0.05, 0.1) is 10.9 Å². The van der Waals surface area contributed by atoms with Gasteiger partial charge in [-0.2, -0.15) is 10.1 Å². The summed E-state index contributed by atoms with van der Waals surface area (Å²) in [5, 5.41) is 4.84. The first-order valence-corrected chi connectivity index (χ1v) is 9.48. The highest BCUT2D eigenvalue weighted by molar-refractivity contribution is 5.82. The first-order chi connectivity index (χ1) is 13.5. The molecule has 1 aliphatic rings. The maximum Gasteiger partial charge on any atom is 0.280 e. The van der Waals surface area contributed by atoms with Crippen LogP contribution in [0.1, 0.15) is 24.4 Å². The highest BCUT2D eigenvalue weighted by Gasteiger charge is 2.20. The molecule has 1 aromatic carbocycles. The van der Waals surface area contributed by atoms with E-state index in [1.807, 2.05) is 52.3 Å². The van der Waals surface area contributed by atoms with Gasteiger partial charge in [0.25, 0.3) is 5.56 Å². The van der Waals surface area contributed by atoms with Crippen molar-refractivity contribution in [3.63, 3.8) is 0 Å². The van der Waals surface area contributed by atoms with Crippen molar-refractivity contribution in [1.29, 1.82) is 0 Å². The molecule has 28 heavy (non-hydrogen) atoms. The first kappa shape index (κ1) is 18.2. The Morgan fingerprint density at radius 3 is 2.71 bits per heavy atom. The minimum atomic E-state index is -0.202. The number of carbonyl (C=O) groups is 1. The quantitative estimate of drug-likeness (QED) is 0.700. The Hall–Kier alpha value is -3.22. The highest BCUT2D eigenvalue weighted by Crippen LogP contribution is 2.22. The van der Waals surface area contributed by atoms with Crippen LogP contribution in [0, 0.1) is 13.8 Å². The van der Waals surface area contributed by atoms with Gasteiger partial charge in [-0.1, -0.05) is 12.1 Å². The van der Waals surface area contributed by atoms with Gasteiger partial charge in [-0.25, -0.2) is 0 Å². The van der Waals surface area contributed by atoms with E-state index in [4.69, 9.17) is 0 Å². The third kappa shape index (κ3) is 3.35. The van der Waals surface area contributed by atoms with Crippen LogP contribution in [0.3, 0.4) is 0 Å². The second-order valence-corrected chi connectivity index (χ2v) is 7.05. The summed E-state index contributed by atoms with van der Waals surface area (Å²) in [5.41, 5.74) is 2.79.